The lowest BCUT2D eigenvalue weighted by atomic mass is 10.1. The fourth-order valence-electron chi connectivity index (χ4n) is 1.73. The number of nitro groups is 1. The SMILES string of the molecule is Cc1cscc1CNc1cccc(C#N)c1[N+](=O)[O-]. The Morgan fingerprint density at radius 2 is 2.26 bits per heavy atom. The van der Waals surface area contributed by atoms with E-state index in [-0.39, 0.29) is 11.3 Å². The molecule has 0 fully saturated rings. The normalized spacial score (nSPS) is 9.89. The first-order valence-corrected chi connectivity index (χ1v) is 6.51. The topological polar surface area (TPSA) is 79.0 Å². The predicted octanol–water partition coefficient (Wildman–Crippen LogP) is 3.45. The molecule has 0 unspecified atom stereocenters. The van der Waals surface area contributed by atoms with Gasteiger partial charge in [-0.15, -0.1) is 0 Å². The van der Waals surface area contributed by atoms with Crippen molar-refractivity contribution in [3.05, 3.63) is 55.8 Å². The number of nitro benzene ring substituents is 1. The highest BCUT2D eigenvalue weighted by Crippen LogP contribution is 2.28. The fraction of sp³-hybridized carbons (Fsp3) is 0.154. The minimum Gasteiger partial charge on any atom is -0.375 e. The number of benzene rings is 1. The second-order valence-electron chi connectivity index (χ2n) is 4.00. The van der Waals surface area contributed by atoms with Gasteiger partial charge in [-0.1, -0.05) is 6.07 Å². The minimum absolute atomic E-state index is 0.0667. The molecule has 1 N–H and O–H groups in total. The second-order valence-corrected chi connectivity index (χ2v) is 4.75. The number of nitrogens with one attached hydrogen (secondary N) is 1. The van der Waals surface area contributed by atoms with Crippen molar-refractivity contribution in [1.82, 2.24) is 0 Å². The van der Waals surface area contributed by atoms with Crippen LogP contribution in [-0.2, 0) is 6.54 Å². The second kappa shape index (κ2) is 5.50. The van der Waals surface area contributed by atoms with E-state index >= 15 is 0 Å². The average Bonchev–Trinajstić information content (AvgIpc) is 2.81. The van der Waals surface area contributed by atoms with Gasteiger partial charge >= 0.3 is 5.69 Å². The van der Waals surface area contributed by atoms with Crippen LogP contribution in [0.5, 0.6) is 0 Å². The Hall–Kier alpha value is -2.39. The molecular formula is C13H11N3O2S. The molecular weight excluding hydrogens is 262 g/mol. The summed E-state index contributed by atoms with van der Waals surface area (Å²) in [6.07, 6.45) is 0. The predicted molar refractivity (Wildman–Crippen MR) is 74.2 cm³/mol. The van der Waals surface area contributed by atoms with Crippen LogP contribution in [0.1, 0.15) is 16.7 Å². The molecule has 0 aliphatic rings. The first-order valence-electron chi connectivity index (χ1n) is 5.56. The maximum Gasteiger partial charge on any atom is 0.309 e. The van der Waals surface area contributed by atoms with Crippen LogP contribution in [0, 0.1) is 28.4 Å². The Morgan fingerprint density at radius 1 is 1.47 bits per heavy atom. The molecule has 0 spiro atoms. The van der Waals surface area contributed by atoms with Gasteiger partial charge in [0.05, 0.1) is 4.92 Å². The summed E-state index contributed by atoms with van der Waals surface area (Å²) in [5.74, 6) is 0. The molecule has 0 radical (unpaired) electrons. The van der Waals surface area contributed by atoms with Crippen molar-refractivity contribution in [3.63, 3.8) is 0 Å². The van der Waals surface area contributed by atoms with Crippen LogP contribution in [0.3, 0.4) is 0 Å². The van der Waals surface area contributed by atoms with Crippen LogP contribution in [0.25, 0.3) is 0 Å². The maximum absolute atomic E-state index is 11.0. The molecule has 0 atom stereocenters. The third-order valence-corrected chi connectivity index (χ3v) is 3.68. The van der Waals surface area contributed by atoms with E-state index in [1.807, 2.05) is 23.8 Å². The van der Waals surface area contributed by atoms with E-state index in [9.17, 15) is 10.1 Å². The summed E-state index contributed by atoms with van der Waals surface area (Å²) >= 11 is 1.59. The van der Waals surface area contributed by atoms with Crippen LogP contribution < -0.4 is 5.32 Å². The van der Waals surface area contributed by atoms with Crippen LogP contribution in [-0.4, -0.2) is 4.92 Å². The smallest absolute Gasteiger partial charge is 0.309 e. The van der Waals surface area contributed by atoms with Crippen molar-refractivity contribution in [2.75, 3.05) is 5.32 Å². The summed E-state index contributed by atoms with van der Waals surface area (Å²) in [6.45, 7) is 2.50. The van der Waals surface area contributed by atoms with Crippen molar-refractivity contribution >= 4 is 22.7 Å². The summed E-state index contributed by atoms with van der Waals surface area (Å²) in [7, 11) is 0. The van der Waals surface area contributed by atoms with E-state index in [0.717, 1.165) is 11.1 Å². The van der Waals surface area contributed by atoms with Gasteiger partial charge in [-0.25, -0.2) is 0 Å². The summed E-state index contributed by atoms with van der Waals surface area (Å²) in [4.78, 5) is 10.5. The first kappa shape index (κ1) is 13.1. The molecule has 0 amide bonds. The van der Waals surface area contributed by atoms with Crippen LogP contribution in [0.2, 0.25) is 0 Å². The van der Waals surface area contributed by atoms with Crippen molar-refractivity contribution in [3.8, 4) is 6.07 Å². The van der Waals surface area contributed by atoms with E-state index in [1.54, 1.807) is 23.5 Å². The van der Waals surface area contributed by atoms with Gasteiger partial charge in [0.2, 0.25) is 0 Å². The average molecular weight is 273 g/mol. The Morgan fingerprint density at radius 3 is 2.84 bits per heavy atom. The molecule has 0 aliphatic carbocycles. The number of para-hydroxylation sites is 1. The van der Waals surface area contributed by atoms with Crippen LogP contribution >= 0.6 is 11.3 Å². The van der Waals surface area contributed by atoms with Crippen molar-refractivity contribution in [2.24, 2.45) is 0 Å². The standard InChI is InChI=1S/C13H11N3O2S/c1-9-7-19-8-11(9)6-15-12-4-2-3-10(5-14)13(12)16(17)18/h2-4,7-8,15H,6H2,1H3. The third kappa shape index (κ3) is 2.72. The third-order valence-electron chi connectivity index (χ3n) is 2.77. The Balaban J connectivity index is 2.28. The fourth-order valence-corrected chi connectivity index (χ4v) is 2.59. The highest BCUT2D eigenvalue weighted by Gasteiger charge is 2.19. The highest BCUT2D eigenvalue weighted by molar-refractivity contribution is 7.08. The molecule has 1 aromatic carbocycles. The number of anilines is 1. The van der Waals surface area contributed by atoms with Crippen molar-refractivity contribution in [2.45, 2.75) is 13.5 Å². The molecule has 0 saturated carbocycles. The van der Waals surface area contributed by atoms with Crippen molar-refractivity contribution < 1.29 is 4.92 Å². The zero-order valence-corrected chi connectivity index (χ0v) is 11.0. The number of nitrogens with zero attached hydrogens (tertiary/aromatic N) is 2. The number of aryl methyl sites for hydroxylation is 1. The largest absolute Gasteiger partial charge is 0.375 e. The van der Waals surface area contributed by atoms with Gasteiger partial charge in [0, 0.05) is 6.54 Å². The van der Waals surface area contributed by atoms with Gasteiger partial charge in [0.15, 0.2) is 0 Å². The minimum atomic E-state index is -0.526. The van der Waals surface area contributed by atoms with Gasteiger partial charge < -0.3 is 5.32 Å². The monoisotopic (exact) mass is 273 g/mol. The van der Waals surface area contributed by atoms with Crippen LogP contribution in [0.15, 0.2) is 29.0 Å². The highest BCUT2D eigenvalue weighted by atomic mass is 32.1. The quantitative estimate of drug-likeness (QED) is 0.683. The molecule has 96 valence electrons. The Kier molecular flexibility index (Phi) is 3.78. The summed E-state index contributed by atoms with van der Waals surface area (Å²) < 4.78 is 0. The molecule has 5 nitrogen and oxygen atoms in total. The van der Waals surface area contributed by atoms with Gasteiger partial charge in [-0.05, 0) is 40.9 Å². The lowest BCUT2D eigenvalue weighted by Crippen LogP contribution is -2.04. The number of hydrogen-bond donors (Lipinski definition) is 1. The molecule has 6 heteroatoms. The molecule has 0 aliphatic heterocycles. The van der Waals surface area contributed by atoms with Gasteiger partial charge in [0.25, 0.3) is 0 Å². The Labute approximate surface area is 114 Å². The number of thiophene rings is 1. The molecule has 2 rings (SSSR count). The maximum atomic E-state index is 11.0. The zero-order chi connectivity index (χ0) is 13.8. The first-order chi connectivity index (χ1) is 9.13. The summed E-state index contributed by atoms with van der Waals surface area (Å²) in [5, 5.41) is 27.0. The lowest BCUT2D eigenvalue weighted by molar-refractivity contribution is -0.384. The Bertz CT molecular complexity index is 658. The van der Waals surface area contributed by atoms with Gasteiger partial charge in [-0.2, -0.15) is 16.6 Å². The zero-order valence-electron chi connectivity index (χ0n) is 10.2. The van der Waals surface area contributed by atoms with Gasteiger partial charge in [-0.3, -0.25) is 10.1 Å². The summed E-state index contributed by atoms with van der Waals surface area (Å²) in [5.41, 5.74) is 2.52. The number of hydrogen-bond acceptors (Lipinski definition) is 5. The van der Waals surface area contributed by atoms with E-state index in [0.29, 0.717) is 12.2 Å². The summed E-state index contributed by atoms with van der Waals surface area (Å²) in [6, 6.07) is 6.53. The number of rotatable bonds is 4. The molecule has 19 heavy (non-hydrogen) atoms. The molecule has 0 bridgehead atoms. The number of nitriles is 1. The van der Waals surface area contributed by atoms with E-state index in [1.165, 1.54) is 6.07 Å². The lowest BCUT2D eigenvalue weighted by Gasteiger charge is -2.07. The van der Waals surface area contributed by atoms with Gasteiger partial charge in [0.1, 0.15) is 17.3 Å². The molecule has 0 saturated heterocycles. The molecule has 2 aromatic rings. The van der Waals surface area contributed by atoms with Crippen LogP contribution in [0.4, 0.5) is 11.4 Å². The van der Waals surface area contributed by atoms with E-state index in [4.69, 9.17) is 5.26 Å². The molecule has 1 heterocycles. The molecule has 1 aromatic heterocycles. The van der Waals surface area contributed by atoms with E-state index < -0.39 is 4.92 Å². The van der Waals surface area contributed by atoms with Crippen molar-refractivity contribution in [1.29, 1.82) is 5.26 Å². The van der Waals surface area contributed by atoms with E-state index in [2.05, 4.69) is 5.32 Å².